The predicted octanol–water partition coefficient (Wildman–Crippen LogP) is 4.31. The van der Waals surface area contributed by atoms with Crippen molar-refractivity contribution >= 4 is 19.8 Å². The molecular weight excluding hydrogens is 503 g/mol. The molecule has 0 spiro atoms. The molecule has 0 aromatic heterocycles. The molecule has 3 N–H and O–H groups in total. The molecule has 0 aliphatic rings. The van der Waals surface area contributed by atoms with Crippen LogP contribution in [0.1, 0.15) is 65.2 Å². The Morgan fingerprint density at radius 1 is 0.811 bits per heavy atom. The van der Waals surface area contributed by atoms with E-state index in [2.05, 4.69) is 41.8 Å². The molecule has 0 saturated heterocycles. The normalized spacial score (nSPS) is 15.5. The van der Waals surface area contributed by atoms with Crippen LogP contribution in [0.15, 0.2) is 48.6 Å². The second-order valence-electron chi connectivity index (χ2n) is 7.98. The highest BCUT2D eigenvalue weighted by Gasteiger charge is 2.27. The first-order chi connectivity index (χ1) is 17.7. The molecule has 0 aliphatic carbocycles. The van der Waals surface area contributed by atoms with Crippen molar-refractivity contribution in [3.05, 3.63) is 48.6 Å². The number of rotatable bonds is 22. The molecule has 0 rings (SSSR count). The van der Waals surface area contributed by atoms with Gasteiger partial charge in [0.15, 0.2) is 6.10 Å². The van der Waals surface area contributed by atoms with Crippen LogP contribution in [0.4, 0.5) is 0 Å². The number of phosphoric ester groups is 1. The molecule has 0 amide bonds. The molecule has 0 saturated carbocycles. The van der Waals surface area contributed by atoms with E-state index >= 15 is 0 Å². The van der Waals surface area contributed by atoms with Gasteiger partial charge in [-0.05, 0) is 38.5 Å². The van der Waals surface area contributed by atoms with Gasteiger partial charge in [0.2, 0.25) is 0 Å². The lowest BCUT2D eigenvalue weighted by Crippen LogP contribution is -2.29. The molecule has 3 atom stereocenters. The molecule has 10 nitrogen and oxygen atoms in total. The van der Waals surface area contributed by atoms with E-state index < -0.39 is 51.8 Å². The molecule has 0 heterocycles. The Balaban J connectivity index is 4.49. The number of ether oxygens (including phenoxy) is 2. The Labute approximate surface area is 220 Å². The van der Waals surface area contributed by atoms with Crippen molar-refractivity contribution in [1.29, 1.82) is 0 Å². The quantitative estimate of drug-likeness (QED) is 0.102. The molecule has 0 aromatic rings. The summed E-state index contributed by atoms with van der Waals surface area (Å²) in [5, 5.41) is 18.0. The second kappa shape index (κ2) is 23.1. The number of carbonyl (C=O) groups is 2. The number of esters is 2. The van der Waals surface area contributed by atoms with Crippen LogP contribution in [0.5, 0.6) is 0 Å². The molecule has 0 aliphatic heterocycles. The van der Waals surface area contributed by atoms with Crippen LogP contribution < -0.4 is 0 Å². The largest absolute Gasteiger partial charge is 0.472 e. The van der Waals surface area contributed by atoms with E-state index in [1.807, 2.05) is 18.2 Å². The number of carbonyl (C=O) groups excluding carboxylic acids is 2. The van der Waals surface area contributed by atoms with Crippen molar-refractivity contribution in [2.24, 2.45) is 0 Å². The maximum absolute atomic E-state index is 12.2. The van der Waals surface area contributed by atoms with Crippen molar-refractivity contribution in [2.75, 3.05) is 26.4 Å². The Morgan fingerprint density at radius 2 is 1.38 bits per heavy atom. The average Bonchev–Trinajstić information content (AvgIpc) is 2.87. The summed E-state index contributed by atoms with van der Waals surface area (Å²) in [7, 11) is -4.60. The maximum atomic E-state index is 12.2. The van der Waals surface area contributed by atoms with E-state index in [1.54, 1.807) is 6.92 Å². The molecule has 37 heavy (non-hydrogen) atoms. The number of aliphatic hydroxyl groups excluding tert-OH is 2. The Morgan fingerprint density at radius 3 is 1.95 bits per heavy atom. The Bertz CT molecular complexity index is 775. The van der Waals surface area contributed by atoms with Gasteiger partial charge in [-0.3, -0.25) is 18.6 Å². The molecule has 11 heteroatoms. The van der Waals surface area contributed by atoms with Gasteiger partial charge < -0.3 is 24.6 Å². The van der Waals surface area contributed by atoms with Crippen LogP contribution in [-0.4, -0.2) is 65.7 Å². The van der Waals surface area contributed by atoms with E-state index in [1.165, 1.54) is 0 Å². The summed E-state index contributed by atoms with van der Waals surface area (Å²) >= 11 is 0. The van der Waals surface area contributed by atoms with Gasteiger partial charge in [0.05, 0.1) is 19.8 Å². The lowest BCUT2D eigenvalue weighted by atomic mass is 10.2. The van der Waals surface area contributed by atoms with E-state index in [9.17, 15) is 24.2 Å². The summed E-state index contributed by atoms with van der Waals surface area (Å²) in [6.45, 7) is 1.69. The van der Waals surface area contributed by atoms with Crippen molar-refractivity contribution in [3.8, 4) is 0 Å². The number of hydrogen-bond acceptors (Lipinski definition) is 9. The Hall–Kier alpha value is -2.07. The fraction of sp³-hybridized carbons (Fsp3) is 0.615. The molecular formula is C26H43O10P. The first-order valence-electron chi connectivity index (χ1n) is 12.6. The third-order valence-electron chi connectivity index (χ3n) is 4.48. The predicted molar refractivity (Wildman–Crippen MR) is 141 cm³/mol. The zero-order chi connectivity index (χ0) is 27.8. The first kappa shape index (κ1) is 34.9. The fourth-order valence-electron chi connectivity index (χ4n) is 2.57. The van der Waals surface area contributed by atoms with E-state index in [-0.39, 0.29) is 19.4 Å². The molecule has 0 bridgehead atoms. The van der Waals surface area contributed by atoms with Crippen LogP contribution >= 0.6 is 7.82 Å². The number of allylic oxidation sites excluding steroid dienone is 8. The SMILES string of the molecule is CC/C=C\C/C=C\C/C=C\C/C=C\CCC(=O)OC(COC(=O)CCC)COP(=O)(O)OCC(O)CO. The van der Waals surface area contributed by atoms with Gasteiger partial charge in [-0.25, -0.2) is 4.57 Å². The third-order valence-corrected chi connectivity index (χ3v) is 5.43. The van der Waals surface area contributed by atoms with Crippen LogP contribution in [0.3, 0.4) is 0 Å². The van der Waals surface area contributed by atoms with E-state index in [0.29, 0.717) is 12.8 Å². The number of aliphatic hydroxyl groups is 2. The fourth-order valence-corrected chi connectivity index (χ4v) is 3.36. The van der Waals surface area contributed by atoms with E-state index in [0.717, 1.165) is 25.7 Å². The van der Waals surface area contributed by atoms with Gasteiger partial charge in [0, 0.05) is 12.8 Å². The van der Waals surface area contributed by atoms with Crippen LogP contribution in [-0.2, 0) is 32.7 Å². The Kier molecular flexibility index (Phi) is 21.8. The highest BCUT2D eigenvalue weighted by Crippen LogP contribution is 2.43. The van der Waals surface area contributed by atoms with Crippen LogP contribution in [0, 0.1) is 0 Å². The first-order valence-corrected chi connectivity index (χ1v) is 14.1. The maximum Gasteiger partial charge on any atom is 0.472 e. The summed E-state index contributed by atoms with van der Waals surface area (Å²) in [6, 6.07) is 0. The zero-order valence-corrected chi connectivity index (χ0v) is 22.8. The van der Waals surface area contributed by atoms with Gasteiger partial charge in [0.1, 0.15) is 12.7 Å². The summed E-state index contributed by atoms with van der Waals surface area (Å²) in [6.07, 6.45) is 18.7. The monoisotopic (exact) mass is 546 g/mol. The molecule has 3 unspecified atom stereocenters. The lowest BCUT2D eigenvalue weighted by molar-refractivity contribution is -0.161. The summed E-state index contributed by atoms with van der Waals surface area (Å²) in [5.74, 6) is -1.09. The highest BCUT2D eigenvalue weighted by atomic mass is 31.2. The minimum Gasteiger partial charge on any atom is -0.462 e. The van der Waals surface area contributed by atoms with Gasteiger partial charge in [-0.15, -0.1) is 0 Å². The molecule has 0 radical (unpaired) electrons. The minimum atomic E-state index is -4.60. The van der Waals surface area contributed by atoms with Crippen molar-refractivity contribution in [1.82, 2.24) is 0 Å². The summed E-state index contributed by atoms with van der Waals surface area (Å²) in [4.78, 5) is 33.5. The summed E-state index contributed by atoms with van der Waals surface area (Å²) < 4.78 is 31.6. The van der Waals surface area contributed by atoms with E-state index in [4.69, 9.17) is 19.1 Å². The van der Waals surface area contributed by atoms with Crippen molar-refractivity contribution < 1.29 is 47.8 Å². The number of hydrogen-bond donors (Lipinski definition) is 3. The standard InChI is InChI=1S/C26H43O10P/c1-3-5-6-7-8-9-10-11-12-13-14-15-16-18-26(30)36-24(21-33-25(29)17-4-2)22-35-37(31,32)34-20-23(28)19-27/h5-6,8-9,11-12,14-15,23-24,27-28H,3-4,7,10,13,16-22H2,1-2H3,(H,31,32)/b6-5-,9-8-,12-11-,15-14-. The number of phosphoric acid groups is 1. The second-order valence-corrected chi connectivity index (χ2v) is 9.43. The minimum absolute atomic E-state index is 0.0591. The van der Waals surface area contributed by atoms with Crippen LogP contribution in [0.2, 0.25) is 0 Å². The average molecular weight is 547 g/mol. The van der Waals surface area contributed by atoms with Crippen molar-refractivity contribution in [2.45, 2.75) is 77.4 Å². The smallest absolute Gasteiger partial charge is 0.462 e. The van der Waals surface area contributed by atoms with Crippen molar-refractivity contribution in [3.63, 3.8) is 0 Å². The third kappa shape index (κ3) is 22.8. The van der Waals surface area contributed by atoms with Crippen LogP contribution in [0.25, 0.3) is 0 Å². The molecule has 212 valence electrons. The van der Waals surface area contributed by atoms with Gasteiger partial charge in [-0.1, -0.05) is 62.5 Å². The highest BCUT2D eigenvalue weighted by molar-refractivity contribution is 7.47. The van der Waals surface area contributed by atoms with Gasteiger partial charge in [-0.2, -0.15) is 0 Å². The lowest BCUT2D eigenvalue weighted by Gasteiger charge is -2.20. The molecule has 0 aromatic carbocycles. The topological polar surface area (TPSA) is 149 Å². The molecule has 0 fully saturated rings. The van der Waals surface area contributed by atoms with Gasteiger partial charge >= 0.3 is 19.8 Å². The summed E-state index contributed by atoms with van der Waals surface area (Å²) in [5.41, 5.74) is 0. The zero-order valence-electron chi connectivity index (χ0n) is 21.9. The van der Waals surface area contributed by atoms with Gasteiger partial charge in [0.25, 0.3) is 0 Å².